The number of carbonyl (C=O) groups excluding carboxylic acids is 3. The van der Waals surface area contributed by atoms with Crippen molar-refractivity contribution in [3.63, 3.8) is 0 Å². The van der Waals surface area contributed by atoms with Crippen molar-refractivity contribution in [3.05, 3.63) is 35.9 Å². The Bertz CT molecular complexity index is 634. The van der Waals surface area contributed by atoms with Crippen molar-refractivity contribution in [3.8, 4) is 0 Å². The van der Waals surface area contributed by atoms with E-state index in [1.54, 1.807) is 4.90 Å². The van der Waals surface area contributed by atoms with Gasteiger partial charge >= 0.3 is 0 Å². The Balaban J connectivity index is 1.67. The van der Waals surface area contributed by atoms with Gasteiger partial charge in [-0.1, -0.05) is 30.3 Å². The van der Waals surface area contributed by atoms with Gasteiger partial charge in [-0.3, -0.25) is 19.3 Å². The molecule has 0 radical (unpaired) electrons. The van der Waals surface area contributed by atoms with Crippen molar-refractivity contribution in [2.24, 2.45) is 0 Å². The zero-order valence-electron chi connectivity index (χ0n) is 14.2. The summed E-state index contributed by atoms with van der Waals surface area (Å²) in [6, 6.07) is 9.44. The zero-order valence-corrected chi connectivity index (χ0v) is 14.2. The summed E-state index contributed by atoms with van der Waals surface area (Å²) in [6.45, 7) is 3.14. The highest BCUT2D eigenvalue weighted by atomic mass is 16.2. The summed E-state index contributed by atoms with van der Waals surface area (Å²) in [5.41, 5.74) is 1.11. The molecule has 2 fully saturated rings. The molecule has 0 saturated carbocycles. The average Bonchev–Trinajstić information content (AvgIpc) is 2.83. The maximum Gasteiger partial charge on any atom is 0.239 e. The van der Waals surface area contributed by atoms with E-state index < -0.39 is 6.04 Å². The van der Waals surface area contributed by atoms with Crippen LogP contribution in [0, 0.1) is 0 Å². The smallest absolute Gasteiger partial charge is 0.239 e. The van der Waals surface area contributed by atoms with Crippen LogP contribution in [0.25, 0.3) is 0 Å². The summed E-state index contributed by atoms with van der Waals surface area (Å²) in [5.74, 6) is -0.396. The van der Waals surface area contributed by atoms with Gasteiger partial charge in [0.25, 0.3) is 0 Å². The van der Waals surface area contributed by atoms with E-state index >= 15 is 0 Å². The zero-order chi connectivity index (χ0) is 17.6. The SMILES string of the molecule is O=C1CN(C(=O)CC2C(=O)NCCN2Cc2ccccc2)CCCN1. The maximum atomic E-state index is 12.6. The van der Waals surface area contributed by atoms with E-state index in [4.69, 9.17) is 0 Å². The summed E-state index contributed by atoms with van der Waals surface area (Å²) in [6.07, 6.45) is 0.841. The Morgan fingerprint density at radius 2 is 1.88 bits per heavy atom. The number of hydrogen-bond donors (Lipinski definition) is 2. The fourth-order valence-corrected chi connectivity index (χ4v) is 3.30. The summed E-state index contributed by atoms with van der Waals surface area (Å²) in [7, 11) is 0. The lowest BCUT2D eigenvalue weighted by Gasteiger charge is -2.35. The second-order valence-corrected chi connectivity index (χ2v) is 6.49. The van der Waals surface area contributed by atoms with Gasteiger partial charge < -0.3 is 15.5 Å². The quantitative estimate of drug-likeness (QED) is 0.788. The van der Waals surface area contributed by atoms with E-state index in [0.29, 0.717) is 32.7 Å². The van der Waals surface area contributed by atoms with Crippen molar-refractivity contribution in [2.45, 2.75) is 25.4 Å². The number of nitrogens with one attached hydrogen (secondary N) is 2. The van der Waals surface area contributed by atoms with Gasteiger partial charge in [0.2, 0.25) is 17.7 Å². The van der Waals surface area contributed by atoms with E-state index in [1.165, 1.54) is 0 Å². The van der Waals surface area contributed by atoms with E-state index in [0.717, 1.165) is 12.0 Å². The van der Waals surface area contributed by atoms with Gasteiger partial charge in [-0.15, -0.1) is 0 Å². The Labute approximate surface area is 147 Å². The fraction of sp³-hybridized carbons (Fsp3) is 0.500. The summed E-state index contributed by atoms with van der Waals surface area (Å²) in [5, 5.41) is 5.61. The molecular formula is C18H24N4O3. The van der Waals surface area contributed by atoms with Crippen molar-refractivity contribution in [1.82, 2.24) is 20.4 Å². The first-order valence-corrected chi connectivity index (χ1v) is 8.73. The number of carbonyl (C=O) groups is 3. The topological polar surface area (TPSA) is 81.8 Å². The van der Waals surface area contributed by atoms with Crippen LogP contribution in [0.2, 0.25) is 0 Å². The van der Waals surface area contributed by atoms with Gasteiger partial charge in [0.05, 0.1) is 19.0 Å². The van der Waals surface area contributed by atoms with Gasteiger partial charge in [-0.05, 0) is 12.0 Å². The Morgan fingerprint density at radius 1 is 1.08 bits per heavy atom. The Kier molecular flexibility index (Phi) is 5.65. The number of benzene rings is 1. The molecule has 134 valence electrons. The van der Waals surface area contributed by atoms with Gasteiger partial charge in [0.1, 0.15) is 0 Å². The molecule has 1 atom stereocenters. The minimum Gasteiger partial charge on any atom is -0.354 e. The van der Waals surface area contributed by atoms with Crippen LogP contribution in [0.4, 0.5) is 0 Å². The lowest BCUT2D eigenvalue weighted by molar-refractivity contribution is -0.140. The van der Waals surface area contributed by atoms with Crippen LogP contribution in [-0.2, 0) is 20.9 Å². The van der Waals surface area contributed by atoms with Crippen LogP contribution in [0.1, 0.15) is 18.4 Å². The molecule has 1 unspecified atom stereocenters. The predicted molar refractivity (Wildman–Crippen MR) is 92.5 cm³/mol. The first-order chi connectivity index (χ1) is 12.1. The van der Waals surface area contributed by atoms with Gasteiger partial charge in [0, 0.05) is 32.7 Å². The van der Waals surface area contributed by atoms with E-state index in [-0.39, 0.29) is 30.7 Å². The van der Waals surface area contributed by atoms with Crippen LogP contribution in [0.5, 0.6) is 0 Å². The molecule has 2 aliphatic heterocycles. The highest BCUT2D eigenvalue weighted by Gasteiger charge is 2.33. The first kappa shape index (κ1) is 17.4. The largest absolute Gasteiger partial charge is 0.354 e. The number of hydrogen-bond acceptors (Lipinski definition) is 4. The Morgan fingerprint density at radius 3 is 2.68 bits per heavy atom. The molecule has 2 N–H and O–H groups in total. The van der Waals surface area contributed by atoms with Crippen molar-refractivity contribution in [1.29, 1.82) is 0 Å². The van der Waals surface area contributed by atoms with E-state index in [2.05, 4.69) is 10.6 Å². The summed E-state index contributed by atoms with van der Waals surface area (Å²) in [4.78, 5) is 40.3. The third kappa shape index (κ3) is 4.57. The highest BCUT2D eigenvalue weighted by molar-refractivity contribution is 5.90. The van der Waals surface area contributed by atoms with Gasteiger partial charge in [-0.25, -0.2) is 0 Å². The number of nitrogens with zero attached hydrogens (tertiary/aromatic N) is 2. The molecule has 2 aliphatic rings. The molecule has 7 nitrogen and oxygen atoms in total. The maximum absolute atomic E-state index is 12.6. The van der Waals surface area contributed by atoms with Crippen molar-refractivity contribution < 1.29 is 14.4 Å². The molecule has 0 bridgehead atoms. The van der Waals surface area contributed by atoms with Crippen molar-refractivity contribution >= 4 is 17.7 Å². The van der Waals surface area contributed by atoms with Crippen LogP contribution >= 0.6 is 0 Å². The molecule has 2 saturated heterocycles. The Hall–Kier alpha value is -2.41. The number of rotatable bonds is 4. The van der Waals surface area contributed by atoms with Gasteiger partial charge in [-0.2, -0.15) is 0 Å². The third-order valence-electron chi connectivity index (χ3n) is 4.65. The summed E-state index contributed by atoms with van der Waals surface area (Å²) >= 11 is 0. The van der Waals surface area contributed by atoms with Crippen LogP contribution in [0.3, 0.4) is 0 Å². The van der Waals surface area contributed by atoms with Crippen LogP contribution < -0.4 is 10.6 Å². The molecule has 25 heavy (non-hydrogen) atoms. The average molecular weight is 344 g/mol. The third-order valence-corrected chi connectivity index (χ3v) is 4.65. The summed E-state index contributed by atoms with van der Waals surface area (Å²) < 4.78 is 0. The van der Waals surface area contributed by atoms with E-state index in [1.807, 2.05) is 35.2 Å². The molecule has 3 rings (SSSR count). The molecule has 3 amide bonds. The van der Waals surface area contributed by atoms with Crippen LogP contribution in [0.15, 0.2) is 30.3 Å². The molecular weight excluding hydrogens is 320 g/mol. The lowest BCUT2D eigenvalue weighted by atomic mass is 10.1. The van der Waals surface area contributed by atoms with E-state index in [9.17, 15) is 14.4 Å². The van der Waals surface area contributed by atoms with Gasteiger partial charge in [0.15, 0.2) is 0 Å². The molecule has 0 aromatic heterocycles. The minimum atomic E-state index is -0.493. The normalized spacial score (nSPS) is 22.1. The first-order valence-electron chi connectivity index (χ1n) is 8.73. The molecule has 0 spiro atoms. The highest BCUT2D eigenvalue weighted by Crippen LogP contribution is 2.15. The minimum absolute atomic E-state index is 0.0753. The number of piperazine rings is 1. The molecule has 1 aromatic carbocycles. The van der Waals surface area contributed by atoms with Crippen molar-refractivity contribution in [2.75, 3.05) is 32.7 Å². The predicted octanol–water partition coefficient (Wildman–Crippen LogP) is -0.274. The second-order valence-electron chi connectivity index (χ2n) is 6.49. The molecule has 1 aromatic rings. The van der Waals surface area contributed by atoms with Crippen LogP contribution in [-0.4, -0.2) is 66.3 Å². The standard InChI is InChI=1S/C18H24N4O3/c23-16-13-22(9-4-7-19-16)17(24)11-15-18(25)20-8-10-21(15)12-14-5-2-1-3-6-14/h1-3,5-6,15H,4,7-13H2,(H,19,23)(H,20,25). The molecule has 2 heterocycles. The fourth-order valence-electron chi connectivity index (χ4n) is 3.30. The second kappa shape index (κ2) is 8.11. The molecule has 7 heteroatoms. The number of amides is 3. The lowest BCUT2D eigenvalue weighted by Crippen LogP contribution is -2.56. The monoisotopic (exact) mass is 344 g/mol. The molecule has 0 aliphatic carbocycles.